The van der Waals surface area contributed by atoms with E-state index in [-0.39, 0.29) is 41.5 Å². The van der Waals surface area contributed by atoms with Gasteiger partial charge in [-0.2, -0.15) is 9.97 Å². The number of pyridine rings is 1. The molecule has 9 nitrogen and oxygen atoms in total. The predicted octanol–water partition coefficient (Wildman–Crippen LogP) is 4.56. The van der Waals surface area contributed by atoms with Crippen LogP contribution in [-0.4, -0.2) is 93.7 Å². The molecule has 6 atom stereocenters. The van der Waals surface area contributed by atoms with Gasteiger partial charge in [0.05, 0.1) is 17.7 Å². The normalized spacial score (nSPS) is 29.1. The highest BCUT2D eigenvalue weighted by Crippen LogP contribution is 2.45. The van der Waals surface area contributed by atoms with Crippen molar-refractivity contribution in [3.8, 4) is 23.1 Å². The Bertz CT molecular complexity index is 1850. The number of aliphatic hydroxyl groups excluding tert-OH is 1. The molecule has 0 radical (unpaired) electrons. The summed E-state index contributed by atoms with van der Waals surface area (Å²) in [7, 11) is 0. The molecule has 0 aliphatic carbocycles. The lowest BCUT2D eigenvalue weighted by molar-refractivity contribution is 0.107. The van der Waals surface area contributed by atoms with Gasteiger partial charge in [-0.15, -0.1) is 0 Å². The zero-order valence-electron chi connectivity index (χ0n) is 25.9. The number of alkyl halides is 1. The number of piperazine rings is 1. The van der Waals surface area contributed by atoms with E-state index in [0.29, 0.717) is 61.2 Å². The number of hydrogen-bond acceptors (Lipinski definition) is 9. The first-order valence-corrected chi connectivity index (χ1v) is 16.6. The van der Waals surface area contributed by atoms with Crippen molar-refractivity contribution in [1.82, 2.24) is 25.2 Å². The second-order valence-corrected chi connectivity index (χ2v) is 13.9. The molecule has 0 saturated carbocycles. The van der Waals surface area contributed by atoms with Gasteiger partial charge < -0.3 is 24.8 Å². The van der Waals surface area contributed by atoms with Gasteiger partial charge >= 0.3 is 6.01 Å². The molecule has 11 heteroatoms. The summed E-state index contributed by atoms with van der Waals surface area (Å²) in [5.74, 6) is 0.314. The number of nitrogens with one attached hydrogen (secondary N) is 1. The van der Waals surface area contributed by atoms with E-state index in [1.54, 1.807) is 6.92 Å². The highest BCUT2D eigenvalue weighted by Gasteiger charge is 2.50. The first-order valence-electron chi connectivity index (χ1n) is 16.6. The molecular formula is C35H38F2N6O3. The summed E-state index contributed by atoms with van der Waals surface area (Å²) in [5.41, 5.74) is 1.37. The molecule has 0 spiro atoms. The standard InChI is InChI=1S/C35H38F2N6O3/c1-19(44)13-21-7-2-5-20-6-3-8-24(27(20)21)30-29(37)31-28-32(43-16-23-9-10-25(38-23)26(43)17-45-33(28)39-30)41-34(40-31)46-18-35-11-4-12-42(35)15-22(36)14-35/h2-3,5-8,19,22-23,25-26,38,44H,4,9-18H2,1H3/t19?,22-,23-,25+,26-,35+/m1/s1. The molecule has 240 valence electrons. The maximum atomic E-state index is 17.1. The molecule has 2 N–H and O–H groups in total. The Balaban J connectivity index is 1.22. The molecule has 2 bridgehead atoms. The van der Waals surface area contributed by atoms with E-state index >= 15 is 4.39 Å². The molecule has 4 aromatic rings. The largest absolute Gasteiger partial charge is 0.475 e. The van der Waals surface area contributed by atoms with E-state index < -0.39 is 18.1 Å². The minimum Gasteiger partial charge on any atom is -0.475 e. The lowest BCUT2D eigenvalue weighted by Crippen LogP contribution is -2.60. The number of anilines is 1. The van der Waals surface area contributed by atoms with Crippen molar-refractivity contribution in [2.24, 2.45) is 0 Å². The number of ether oxygens (including phenoxy) is 2. The minimum atomic E-state index is -0.881. The van der Waals surface area contributed by atoms with Crippen LogP contribution in [0.2, 0.25) is 0 Å². The van der Waals surface area contributed by atoms with E-state index in [1.807, 2.05) is 36.4 Å². The van der Waals surface area contributed by atoms with Crippen LogP contribution in [0.25, 0.3) is 32.9 Å². The summed E-state index contributed by atoms with van der Waals surface area (Å²) in [4.78, 5) is 19.0. The molecule has 5 aliphatic heterocycles. The lowest BCUT2D eigenvalue weighted by atomic mass is 9.94. The van der Waals surface area contributed by atoms with Crippen LogP contribution < -0.4 is 19.7 Å². The van der Waals surface area contributed by atoms with E-state index in [9.17, 15) is 9.50 Å². The Labute approximate surface area is 265 Å². The van der Waals surface area contributed by atoms with Crippen molar-refractivity contribution in [3.05, 3.63) is 47.8 Å². The van der Waals surface area contributed by atoms with Gasteiger partial charge in [0.1, 0.15) is 41.8 Å². The summed E-state index contributed by atoms with van der Waals surface area (Å²) >= 11 is 0. The minimum absolute atomic E-state index is 0.00773. The second-order valence-electron chi connectivity index (χ2n) is 13.9. The molecule has 4 fully saturated rings. The average molecular weight is 629 g/mol. The molecule has 46 heavy (non-hydrogen) atoms. The highest BCUT2D eigenvalue weighted by molar-refractivity contribution is 6.02. The molecule has 7 heterocycles. The van der Waals surface area contributed by atoms with E-state index in [2.05, 4.69) is 15.1 Å². The van der Waals surface area contributed by atoms with Crippen molar-refractivity contribution >= 4 is 27.5 Å². The van der Waals surface area contributed by atoms with Crippen molar-refractivity contribution in [3.63, 3.8) is 0 Å². The van der Waals surface area contributed by atoms with Crippen LogP contribution in [0.4, 0.5) is 14.6 Å². The molecular weight excluding hydrogens is 590 g/mol. The van der Waals surface area contributed by atoms with E-state index in [0.717, 1.165) is 48.6 Å². The zero-order valence-corrected chi connectivity index (χ0v) is 25.9. The van der Waals surface area contributed by atoms with Gasteiger partial charge in [0.15, 0.2) is 5.82 Å². The molecule has 0 amide bonds. The van der Waals surface area contributed by atoms with Crippen LogP contribution in [0.3, 0.4) is 0 Å². The molecule has 9 rings (SSSR count). The highest BCUT2D eigenvalue weighted by atomic mass is 19.1. The molecule has 2 aromatic carbocycles. The van der Waals surface area contributed by atoms with E-state index in [4.69, 9.17) is 24.4 Å². The van der Waals surface area contributed by atoms with Crippen LogP contribution in [0.1, 0.15) is 44.6 Å². The number of benzene rings is 2. The second kappa shape index (κ2) is 10.7. The first kappa shape index (κ1) is 28.5. The number of hydrogen-bond donors (Lipinski definition) is 2. The number of rotatable bonds is 6. The number of halogens is 2. The number of fused-ring (bicyclic) bond motifs is 7. The van der Waals surface area contributed by atoms with Crippen molar-refractivity contribution in [1.29, 1.82) is 0 Å². The van der Waals surface area contributed by atoms with Crippen molar-refractivity contribution in [2.45, 2.75) is 81.4 Å². The van der Waals surface area contributed by atoms with Crippen molar-refractivity contribution in [2.75, 3.05) is 37.7 Å². The fourth-order valence-electron chi connectivity index (χ4n) is 8.91. The van der Waals surface area contributed by atoms with Crippen LogP contribution in [0, 0.1) is 5.82 Å². The Kier molecular flexibility index (Phi) is 6.63. The van der Waals surface area contributed by atoms with Gasteiger partial charge in [-0.1, -0.05) is 36.4 Å². The Morgan fingerprint density at radius 3 is 2.87 bits per heavy atom. The zero-order chi connectivity index (χ0) is 31.2. The lowest BCUT2D eigenvalue weighted by Gasteiger charge is -2.40. The van der Waals surface area contributed by atoms with Crippen LogP contribution in [-0.2, 0) is 6.42 Å². The van der Waals surface area contributed by atoms with Gasteiger partial charge in [0, 0.05) is 37.2 Å². The smallest absolute Gasteiger partial charge is 0.319 e. The number of nitrogens with zero attached hydrogens (tertiary/aromatic N) is 5. The molecule has 2 aromatic heterocycles. The van der Waals surface area contributed by atoms with Gasteiger partial charge in [0.2, 0.25) is 5.88 Å². The molecule has 1 unspecified atom stereocenters. The predicted molar refractivity (Wildman–Crippen MR) is 171 cm³/mol. The third-order valence-electron chi connectivity index (χ3n) is 10.9. The third kappa shape index (κ3) is 4.46. The van der Waals surface area contributed by atoms with E-state index in [1.165, 1.54) is 0 Å². The number of aliphatic hydroxyl groups is 1. The maximum absolute atomic E-state index is 17.1. The number of aromatic nitrogens is 3. The van der Waals surface area contributed by atoms with Gasteiger partial charge in [-0.3, -0.25) is 4.90 Å². The topological polar surface area (TPSA) is 95.9 Å². The first-order chi connectivity index (χ1) is 22.4. The maximum Gasteiger partial charge on any atom is 0.319 e. The summed E-state index contributed by atoms with van der Waals surface area (Å²) < 4.78 is 44.4. The Morgan fingerprint density at radius 2 is 2.00 bits per heavy atom. The monoisotopic (exact) mass is 628 g/mol. The van der Waals surface area contributed by atoms with Crippen LogP contribution in [0.15, 0.2) is 36.4 Å². The fraction of sp³-hybridized carbons (Fsp3) is 0.514. The van der Waals surface area contributed by atoms with Gasteiger partial charge in [-0.25, -0.2) is 13.8 Å². The Hall–Kier alpha value is -3.67. The SMILES string of the molecule is CC(O)Cc1cccc2cccc(-c3nc4c5c(nc(OC[C@@]67CCCN6C[C@H](F)C7)nc5c3F)N3C[C@H]5CC[C@H](N5)[C@H]3CO4)c12. The van der Waals surface area contributed by atoms with Crippen molar-refractivity contribution < 1.29 is 23.4 Å². The summed E-state index contributed by atoms with van der Waals surface area (Å²) in [6, 6.07) is 12.2. The van der Waals surface area contributed by atoms with Crippen LogP contribution in [0.5, 0.6) is 11.9 Å². The summed E-state index contributed by atoms with van der Waals surface area (Å²) in [6.45, 7) is 4.37. The average Bonchev–Trinajstić information content (AvgIpc) is 3.68. The Morgan fingerprint density at radius 1 is 1.13 bits per heavy atom. The molecule has 4 saturated heterocycles. The summed E-state index contributed by atoms with van der Waals surface area (Å²) in [6.07, 6.45) is 3.33. The van der Waals surface area contributed by atoms with Gasteiger partial charge in [-0.05, 0) is 61.9 Å². The fourth-order valence-corrected chi connectivity index (χ4v) is 8.91. The molecule has 5 aliphatic rings. The van der Waals surface area contributed by atoms with Crippen LogP contribution >= 0.6 is 0 Å². The van der Waals surface area contributed by atoms with Gasteiger partial charge in [0.25, 0.3) is 0 Å². The summed E-state index contributed by atoms with van der Waals surface area (Å²) in [5, 5.41) is 16.2. The third-order valence-corrected chi connectivity index (χ3v) is 10.9. The quantitative estimate of drug-likeness (QED) is 0.319.